The van der Waals surface area contributed by atoms with Crippen molar-refractivity contribution in [1.82, 2.24) is 5.32 Å². The average Bonchev–Trinajstić information content (AvgIpc) is 2.28. The first-order valence-corrected chi connectivity index (χ1v) is 6.86. The molecule has 0 aromatic heterocycles. The average molecular weight is 363 g/mol. The summed E-state index contributed by atoms with van der Waals surface area (Å²) < 4.78 is 51.0. The molecule has 1 rings (SSSR count). The predicted molar refractivity (Wildman–Crippen MR) is 70.8 cm³/mol. The van der Waals surface area contributed by atoms with Gasteiger partial charge in [-0.2, -0.15) is 13.2 Å². The molecule has 108 valence electrons. The maximum atomic E-state index is 13.8. The van der Waals surface area contributed by atoms with Gasteiger partial charge in [0.15, 0.2) is 0 Å². The molecule has 1 atom stereocenters. The van der Waals surface area contributed by atoms with Crippen LogP contribution in [0, 0.1) is 5.82 Å². The van der Waals surface area contributed by atoms with Gasteiger partial charge in [0.05, 0.1) is 5.02 Å². The summed E-state index contributed by atoms with van der Waals surface area (Å²) in [5.41, 5.74) is 0.152. The van der Waals surface area contributed by atoms with Gasteiger partial charge in [-0.3, -0.25) is 0 Å². The second-order valence-corrected chi connectivity index (χ2v) is 5.31. The van der Waals surface area contributed by atoms with E-state index in [4.69, 9.17) is 11.6 Å². The summed E-state index contributed by atoms with van der Waals surface area (Å²) in [5.74, 6) is -0.579. The van der Waals surface area contributed by atoms with E-state index >= 15 is 0 Å². The van der Waals surface area contributed by atoms with Crippen molar-refractivity contribution in [1.29, 1.82) is 0 Å². The minimum Gasteiger partial charge on any atom is -0.310 e. The lowest BCUT2D eigenvalue weighted by atomic mass is 10.0. The molecular formula is C12H13BrClF4N. The van der Waals surface area contributed by atoms with Crippen LogP contribution in [-0.2, 0) is 0 Å². The highest BCUT2D eigenvalue weighted by molar-refractivity contribution is 9.10. The number of alkyl halides is 3. The monoisotopic (exact) mass is 361 g/mol. The maximum Gasteiger partial charge on any atom is 0.389 e. The van der Waals surface area contributed by atoms with Gasteiger partial charge in [0.2, 0.25) is 0 Å². The Balaban J connectivity index is 2.95. The van der Waals surface area contributed by atoms with Crippen LogP contribution in [0.2, 0.25) is 5.02 Å². The molecule has 0 saturated heterocycles. The fraction of sp³-hybridized carbons (Fsp3) is 0.500. The molecule has 1 aromatic rings. The second kappa shape index (κ2) is 6.90. The zero-order valence-corrected chi connectivity index (χ0v) is 12.5. The van der Waals surface area contributed by atoms with Crippen molar-refractivity contribution in [2.75, 3.05) is 6.54 Å². The standard InChI is InChI=1S/C12H13BrClF4N/c1-2-19-11(3-4-12(16,17)18)7-5-9(14)8(13)6-10(7)15/h5-6,11,19H,2-4H2,1H3. The molecule has 0 amide bonds. The van der Waals surface area contributed by atoms with Crippen molar-refractivity contribution < 1.29 is 17.6 Å². The molecule has 0 bridgehead atoms. The lowest BCUT2D eigenvalue weighted by Crippen LogP contribution is -2.24. The van der Waals surface area contributed by atoms with Gasteiger partial charge in [0.25, 0.3) is 0 Å². The highest BCUT2D eigenvalue weighted by Crippen LogP contribution is 2.32. The predicted octanol–water partition coefficient (Wildman–Crippen LogP) is 5.23. The third kappa shape index (κ3) is 5.28. The fourth-order valence-corrected chi connectivity index (χ4v) is 2.21. The van der Waals surface area contributed by atoms with Gasteiger partial charge in [0, 0.05) is 22.5 Å². The molecule has 1 unspecified atom stereocenters. The minimum absolute atomic E-state index is 0.152. The SMILES string of the molecule is CCNC(CCC(F)(F)F)c1cc(Cl)c(Br)cc1F. The lowest BCUT2D eigenvalue weighted by Gasteiger charge is -2.20. The molecular weight excluding hydrogens is 349 g/mol. The van der Waals surface area contributed by atoms with Crippen LogP contribution in [0.1, 0.15) is 31.4 Å². The zero-order valence-electron chi connectivity index (χ0n) is 10.1. The van der Waals surface area contributed by atoms with E-state index in [2.05, 4.69) is 21.2 Å². The molecule has 0 aliphatic carbocycles. The Labute approximate surface area is 122 Å². The number of benzene rings is 1. The molecule has 1 aromatic carbocycles. The van der Waals surface area contributed by atoms with Crippen LogP contribution in [0.25, 0.3) is 0 Å². The van der Waals surface area contributed by atoms with E-state index in [9.17, 15) is 17.6 Å². The van der Waals surface area contributed by atoms with E-state index in [0.29, 0.717) is 11.0 Å². The molecule has 0 aliphatic rings. The van der Waals surface area contributed by atoms with Gasteiger partial charge in [-0.05, 0) is 41.0 Å². The topological polar surface area (TPSA) is 12.0 Å². The molecule has 0 aliphatic heterocycles. The van der Waals surface area contributed by atoms with Gasteiger partial charge in [-0.15, -0.1) is 0 Å². The van der Waals surface area contributed by atoms with Crippen LogP contribution < -0.4 is 5.32 Å². The van der Waals surface area contributed by atoms with E-state index in [1.807, 2.05) is 0 Å². The Morgan fingerprint density at radius 2 is 2.00 bits per heavy atom. The Kier molecular flexibility index (Phi) is 6.08. The summed E-state index contributed by atoms with van der Waals surface area (Å²) in [6.07, 6.45) is -5.46. The summed E-state index contributed by atoms with van der Waals surface area (Å²) in [7, 11) is 0. The Morgan fingerprint density at radius 3 is 2.53 bits per heavy atom. The van der Waals surface area contributed by atoms with Crippen LogP contribution >= 0.6 is 27.5 Å². The zero-order chi connectivity index (χ0) is 14.6. The quantitative estimate of drug-likeness (QED) is 0.558. The first kappa shape index (κ1) is 16.7. The fourth-order valence-electron chi connectivity index (χ4n) is 1.73. The van der Waals surface area contributed by atoms with E-state index in [-0.39, 0.29) is 17.0 Å². The smallest absolute Gasteiger partial charge is 0.310 e. The highest BCUT2D eigenvalue weighted by atomic mass is 79.9. The number of halogens is 6. The van der Waals surface area contributed by atoms with E-state index in [1.54, 1.807) is 6.92 Å². The molecule has 0 saturated carbocycles. The van der Waals surface area contributed by atoms with E-state index in [1.165, 1.54) is 6.07 Å². The number of hydrogen-bond donors (Lipinski definition) is 1. The Hall–Kier alpha value is -0.330. The number of hydrogen-bond acceptors (Lipinski definition) is 1. The largest absolute Gasteiger partial charge is 0.389 e. The molecule has 1 N–H and O–H groups in total. The minimum atomic E-state index is -4.26. The first-order valence-electron chi connectivity index (χ1n) is 5.69. The third-order valence-electron chi connectivity index (χ3n) is 2.58. The summed E-state index contributed by atoms with van der Waals surface area (Å²) in [6, 6.07) is 1.80. The molecule has 1 nitrogen and oxygen atoms in total. The van der Waals surface area contributed by atoms with Crippen LogP contribution in [0.15, 0.2) is 16.6 Å². The van der Waals surface area contributed by atoms with Crippen molar-refractivity contribution in [3.63, 3.8) is 0 Å². The van der Waals surface area contributed by atoms with Crippen molar-refractivity contribution in [3.8, 4) is 0 Å². The van der Waals surface area contributed by atoms with Gasteiger partial charge in [-0.1, -0.05) is 18.5 Å². The molecule has 0 heterocycles. The summed E-state index contributed by atoms with van der Waals surface area (Å²) in [6.45, 7) is 2.19. The molecule has 7 heteroatoms. The van der Waals surface area contributed by atoms with Gasteiger partial charge >= 0.3 is 6.18 Å². The lowest BCUT2D eigenvalue weighted by molar-refractivity contribution is -0.136. The molecule has 0 radical (unpaired) electrons. The Morgan fingerprint density at radius 1 is 1.37 bits per heavy atom. The van der Waals surface area contributed by atoms with Crippen LogP contribution in [-0.4, -0.2) is 12.7 Å². The van der Waals surface area contributed by atoms with Crippen molar-refractivity contribution in [2.24, 2.45) is 0 Å². The van der Waals surface area contributed by atoms with Crippen molar-refractivity contribution in [3.05, 3.63) is 33.0 Å². The molecule has 19 heavy (non-hydrogen) atoms. The van der Waals surface area contributed by atoms with Crippen LogP contribution in [0.5, 0.6) is 0 Å². The van der Waals surface area contributed by atoms with Crippen molar-refractivity contribution in [2.45, 2.75) is 32.0 Å². The van der Waals surface area contributed by atoms with Crippen LogP contribution in [0.4, 0.5) is 17.6 Å². The molecule has 0 fully saturated rings. The Bertz CT molecular complexity index is 436. The highest BCUT2D eigenvalue weighted by Gasteiger charge is 2.29. The first-order chi connectivity index (χ1) is 8.74. The van der Waals surface area contributed by atoms with Crippen molar-refractivity contribution >= 4 is 27.5 Å². The molecule has 0 spiro atoms. The summed E-state index contributed by atoms with van der Waals surface area (Å²) in [5, 5.41) is 3.11. The van der Waals surface area contributed by atoms with E-state index < -0.39 is 24.5 Å². The number of nitrogens with one attached hydrogen (secondary N) is 1. The van der Waals surface area contributed by atoms with Crippen LogP contribution in [0.3, 0.4) is 0 Å². The summed E-state index contributed by atoms with van der Waals surface area (Å²) in [4.78, 5) is 0. The van der Waals surface area contributed by atoms with E-state index in [0.717, 1.165) is 6.07 Å². The van der Waals surface area contributed by atoms with Gasteiger partial charge < -0.3 is 5.32 Å². The number of rotatable bonds is 5. The normalized spacial score (nSPS) is 13.6. The third-order valence-corrected chi connectivity index (χ3v) is 3.78. The maximum absolute atomic E-state index is 13.8. The van der Waals surface area contributed by atoms with Gasteiger partial charge in [0.1, 0.15) is 5.82 Å². The second-order valence-electron chi connectivity index (χ2n) is 4.05. The summed E-state index contributed by atoms with van der Waals surface area (Å²) >= 11 is 8.92. The van der Waals surface area contributed by atoms with Gasteiger partial charge in [-0.25, -0.2) is 4.39 Å².